The Bertz CT molecular complexity index is 638. The van der Waals surface area contributed by atoms with Crippen LogP contribution in [-0.2, 0) is 9.53 Å². The highest BCUT2D eigenvalue weighted by Crippen LogP contribution is 2.22. The number of carbonyl (C=O) groups is 2. The average Bonchev–Trinajstić information content (AvgIpc) is 3.03. The molecule has 1 heterocycles. The fourth-order valence-corrected chi connectivity index (χ4v) is 3.07. The van der Waals surface area contributed by atoms with Gasteiger partial charge in [-0.05, 0) is 25.3 Å². The Morgan fingerprint density at radius 1 is 1.26 bits per heavy atom. The summed E-state index contributed by atoms with van der Waals surface area (Å²) in [5.41, 5.74) is 2.32. The highest BCUT2D eigenvalue weighted by Gasteiger charge is 2.20. The average molecular weight is 333 g/mol. The van der Waals surface area contributed by atoms with Crippen molar-refractivity contribution in [3.8, 4) is 0 Å². The maximum Gasteiger partial charge on any atom is 0.414 e. The van der Waals surface area contributed by atoms with Gasteiger partial charge in [0.15, 0.2) is 6.54 Å². The molecule has 2 amide bonds. The predicted molar refractivity (Wildman–Crippen MR) is 89.3 cm³/mol. The number of thiophene rings is 1. The van der Waals surface area contributed by atoms with Gasteiger partial charge >= 0.3 is 6.09 Å². The fourth-order valence-electron chi connectivity index (χ4n) is 2.22. The van der Waals surface area contributed by atoms with Gasteiger partial charge in [-0.2, -0.15) is 0 Å². The van der Waals surface area contributed by atoms with Crippen LogP contribution in [0.15, 0.2) is 41.8 Å². The van der Waals surface area contributed by atoms with Crippen LogP contribution in [0.5, 0.6) is 0 Å². The summed E-state index contributed by atoms with van der Waals surface area (Å²) in [7, 11) is 0. The predicted octanol–water partition coefficient (Wildman–Crippen LogP) is 1.98. The van der Waals surface area contributed by atoms with Crippen LogP contribution in [0.1, 0.15) is 29.0 Å². The van der Waals surface area contributed by atoms with Gasteiger partial charge in [0.05, 0.1) is 11.5 Å². The zero-order chi connectivity index (χ0) is 16.7. The molecule has 0 radical (unpaired) electrons. The molecule has 0 fully saturated rings. The van der Waals surface area contributed by atoms with Gasteiger partial charge in [-0.15, -0.1) is 11.3 Å². The van der Waals surface area contributed by atoms with Gasteiger partial charge in [-0.3, -0.25) is 10.1 Å². The quantitative estimate of drug-likeness (QED) is 0.849. The van der Waals surface area contributed by atoms with E-state index in [0.717, 1.165) is 10.4 Å². The van der Waals surface area contributed by atoms with E-state index in [1.165, 1.54) is 5.56 Å². The molecule has 0 spiro atoms. The SMILES string of the molecule is CCOC(=O)NC(=O)C[NH2+][C@H](c1ccc(C)cc1)c1cccs1. The third kappa shape index (κ3) is 5.19. The molecule has 122 valence electrons. The van der Waals surface area contributed by atoms with E-state index in [1.54, 1.807) is 18.3 Å². The summed E-state index contributed by atoms with van der Waals surface area (Å²) >= 11 is 1.65. The summed E-state index contributed by atoms with van der Waals surface area (Å²) in [4.78, 5) is 24.3. The molecule has 0 aliphatic heterocycles. The highest BCUT2D eigenvalue weighted by atomic mass is 32.1. The number of imide groups is 1. The zero-order valence-corrected chi connectivity index (χ0v) is 14.1. The zero-order valence-electron chi connectivity index (χ0n) is 13.2. The molecule has 6 heteroatoms. The third-order valence-electron chi connectivity index (χ3n) is 3.34. The summed E-state index contributed by atoms with van der Waals surface area (Å²) < 4.78 is 4.71. The van der Waals surface area contributed by atoms with Crippen molar-refractivity contribution >= 4 is 23.3 Å². The number of nitrogens with one attached hydrogen (secondary N) is 1. The number of nitrogens with two attached hydrogens (primary N) is 1. The number of aryl methyl sites for hydroxylation is 1. The third-order valence-corrected chi connectivity index (χ3v) is 4.30. The highest BCUT2D eigenvalue weighted by molar-refractivity contribution is 7.10. The Morgan fingerprint density at radius 2 is 2.00 bits per heavy atom. The molecule has 5 nitrogen and oxygen atoms in total. The first-order chi connectivity index (χ1) is 11.1. The summed E-state index contributed by atoms with van der Waals surface area (Å²) in [5.74, 6) is -0.364. The molecule has 1 aromatic heterocycles. The van der Waals surface area contributed by atoms with Gasteiger partial charge in [-0.1, -0.05) is 35.9 Å². The minimum absolute atomic E-state index is 0.0311. The van der Waals surface area contributed by atoms with Crippen LogP contribution in [0, 0.1) is 6.92 Å². The van der Waals surface area contributed by atoms with Crippen molar-refractivity contribution in [3.63, 3.8) is 0 Å². The number of rotatable bonds is 6. The molecule has 0 unspecified atom stereocenters. The molecular weight excluding hydrogens is 312 g/mol. The van der Waals surface area contributed by atoms with Crippen molar-refractivity contribution in [3.05, 3.63) is 57.8 Å². The van der Waals surface area contributed by atoms with Gasteiger partial charge < -0.3 is 10.1 Å². The van der Waals surface area contributed by atoms with Crippen LogP contribution < -0.4 is 10.6 Å². The Morgan fingerprint density at radius 3 is 2.61 bits per heavy atom. The summed E-state index contributed by atoms with van der Waals surface area (Å²) in [6.07, 6.45) is -0.700. The topological polar surface area (TPSA) is 72.0 Å². The Hall–Kier alpha value is -2.18. The largest absolute Gasteiger partial charge is 0.450 e. The molecule has 2 aromatic rings. The first-order valence-electron chi connectivity index (χ1n) is 7.50. The first kappa shape index (κ1) is 17.2. The maximum absolute atomic E-state index is 11.8. The molecule has 1 atom stereocenters. The lowest BCUT2D eigenvalue weighted by molar-refractivity contribution is -0.676. The maximum atomic E-state index is 11.8. The lowest BCUT2D eigenvalue weighted by Crippen LogP contribution is -2.87. The van der Waals surface area contributed by atoms with E-state index in [4.69, 9.17) is 4.74 Å². The molecular formula is C17H21N2O3S+. The Kier molecular flexibility index (Phi) is 6.31. The lowest BCUT2D eigenvalue weighted by Gasteiger charge is -2.14. The molecule has 23 heavy (non-hydrogen) atoms. The normalized spacial score (nSPS) is 11.7. The number of hydrogen-bond donors (Lipinski definition) is 2. The number of amides is 2. The molecule has 0 saturated carbocycles. The summed E-state index contributed by atoms with van der Waals surface area (Å²) in [5, 5.41) is 6.15. The molecule has 0 aliphatic rings. The van der Waals surface area contributed by atoms with E-state index in [0.29, 0.717) is 0 Å². The van der Waals surface area contributed by atoms with Crippen molar-refractivity contribution in [1.82, 2.24) is 5.32 Å². The van der Waals surface area contributed by atoms with Crippen LogP contribution in [0.3, 0.4) is 0 Å². The van der Waals surface area contributed by atoms with Crippen molar-refractivity contribution in [1.29, 1.82) is 0 Å². The smallest absolute Gasteiger partial charge is 0.414 e. The monoisotopic (exact) mass is 333 g/mol. The van der Waals surface area contributed by atoms with E-state index < -0.39 is 6.09 Å². The number of quaternary nitrogens is 1. The number of hydrogen-bond acceptors (Lipinski definition) is 4. The van der Waals surface area contributed by atoms with Crippen LogP contribution >= 0.6 is 11.3 Å². The minimum atomic E-state index is -0.700. The van der Waals surface area contributed by atoms with Gasteiger partial charge in [0.2, 0.25) is 0 Å². The van der Waals surface area contributed by atoms with E-state index in [2.05, 4.69) is 35.6 Å². The number of alkyl carbamates (subject to hydrolysis) is 1. The van der Waals surface area contributed by atoms with E-state index in [-0.39, 0.29) is 25.1 Å². The van der Waals surface area contributed by atoms with Crippen LogP contribution in [0.2, 0.25) is 0 Å². The second-order valence-corrected chi connectivity index (χ2v) is 6.09. The molecule has 0 bridgehead atoms. The molecule has 2 rings (SSSR count). The fraction of sp³-hybridized carbons (Fsp3) is 0.294. The molecule has 0 aliphatic carbocycles. The second kappa shape index (κ2) is 8.45. The molecule has 3 N–H and O–H groups in total. The minimum Gasteiger partial charge on any atom is -0.450 e. The standard InChI is InChI=1S/C17H20N2O3S/c1-3-22-17(21)19-15(20)11-18-16(14-5-4-10-23-14)13-8-6-12(2)7-9-13/h4-10,16,18H,3,11H2,1-2H3,(H,19,20,21)/p+1/t16-/m1/s1. The van der Waals surface area contributed by atoms with Gasteiger partial charge in [-0.25, -0.2) is 4.79 Å². The van der Waals surface area contributed by atoms with Gasteiger partial charge in [0.25, 0.3) is 5.91 Å². The number of benzene rings is 1. The van der Waals surface area contributed by atoms with Crippen LogP contribution in [0.4, 0.5) is 4.79 Å². The second-order valence-electron chi connectivity index (χ2n) is 5.11. The number of carbonyl (C=O) groups excluding carboxylic acids is 2. The van der Waals surface area contributed by atoms with Crippen molar-refractivity contribution in [2.24, 2.45) is 0 Å². The molecule has 1 aromatic carbocycles. The van der Waals surface area contributed by atoms with E-state index in [1.807, 2.05) is 23.7 Å². The number of ether oxygens (including phenoxy) is 1. The van der Waals surface area contributed by atoms with Crippen molar-refractivity contribution in [2.45, 2.75) is 19.9 Å². The summed E-state index contributed by atoms with van der Waals surface area (Å²) in [6, 6.07) is 12.3. The van der Waals surface area contributed by atoms with Gasteiger partial charge in [0, 0.05) is 5.56 Å². The first-order valence-corrected chi connectivity index (χ1v) is 8.38. The van der Waals surface area contributed by atoms with Crippen LogP contribution in [-0.4, -0.2) is 25.2 Å². The molecule has 0 saturated heterocycles. The van der Waals surface area contributed by atoms with Crippen molar-refractivity contribution in [2.75, 3.05) is 13.2 Å². The van der Waals surface area contributed by atoms with E-state index >= 15 is 0 Å². The van der Waals surface area contributed by atoms with E-state index in [9.17, 15) is 9.59 Å². The summed E-state index contributed by atoms with van der Waals surface area (Å²) in [6.45, 7) is 4.13. The lowest BCUT2D eigenvalue weighted by atomic mass is 10.0. The Balaban J connectivity index is 2.03. The van der Waals surface area contributed by atoms with Crippen LogP contribution in [0.25, 0.3) is 0 Å². The van der Waals surface area contributed by atoms with Gasteiger partial charge in [0.1, 0.15) is 6.04 Å². The Labute approximate surface area is 139 Å². The van der Waals surface area contributed by atoms with Crippen molar-refractivity contribution < 1.29 is 19.6 Å².